The van der Waals surface area contributed by atoms with E-state index in [1.807, 2.05) is 6.92 Å². The van der Waals surface area contributed by atoms with Crippen molar-refractivity contribution in [3.05, 3.63) is 23.8 Å². The largest absolute Gasteiger partial charge is 0.399 e. The van der Waals surface area contributed by atoms with Gasteiger partial charge in [-0.15, -0.1) is 0 Å². The van der Waals surface area contributed by atoms with Gasteiger partial charge in [0, 0.05) is 11.4 Å². The Hall–Kier alpha value is -1.56. The molecular formula is C13H20N2O3S. The van der Waals surface area contributed by atoms with Gasteiger partial charge < -0.3 is 11.1 Å². The lowest BCUT2D eigenvalue weighted by molar-refractivity contribution is -0.115. The maximum atomic E-state index is 12.0. The van der Waals surface area contributed by atoms with Crippen LogP contribution >= 0.6 is 0 Å². The van der Waals surface area contributed by atoms with Gasteiger partial charge in [0.15, 0.2) is 9.84 Å². The molecule has 0 aliphatic carbocycles. The summed E-state index contributed by atoms with van der Waals surface area (Å²) in [5.41, 5.74) is 7.54. The molecule has 0 heterocycles. The third-order valence-corrected chi connectivity index (χ3v) is 5.18. The molecule has 1 aromatic carbocycles. The van der Waals surface area contributed by atoms with E-state index >= 15 is 0 Å². The van der Waals surface area contributed by atoms with E-state index in [4.69, 9.17) is 5.73 Å². The van der Waals surface area contributed by atoms with Crippen molar-refractivity contribution in [3.8, 4) is 0 Å². The van der Waals surface area contributed by atoms with E-state index in [0.717, 1.165) is 5.56 Å². The smallest absolute Gasteiger partial charge is 0.242 e. The van der Waals surface area contributed by atoms with Crippen molar-refractivity contribution in [2.75, 3.05) is 16.8 Å². The molecule has 3 N–H and O–H groups in total. The van der Waals surface area contributed by atoms with Crippen LogP contribution in [0, 0.1) is 6.92 Å². The average Bonchev–Trinajstić information content (AvgIpc) is 2.32. The van der Waals surface area contributed by atoms with Crippen molar-refractivity contribution < 1.29 is 13.2 Å². The topological polar surface area (TPSA) is 89.3 Å². The molecule has 0 aliphatic heterocycles. The van der Waals surface area contributed by atoms with Crippen molar-refractivity contribution >= 4 is 27.1 Å². The molecule has 1 atom stereocenters. The first kappa shape index (κ1) is 15.5. The number of amides is 1. The zero-order valence-electron chi connectivity index (χ0n) is 11.4. The van der Waals surface area contributed by atoms with Gasteiger partial charge >= 0.3 is 0 Å². The Morgan fingerprint density at radius 3 is 2.63 bits per heavy atom. The maximum absolute atomic E-state index is 12.0. The normalized spacial score (nSPS) is 13.0. The van der Waals surface area contributed by atoms with Crippen LogP contribution in [0.15, 0.2) is 18.2 Å². The highest BCUT2D eigenvalue weighted by molar-refractivity contribution is 7.92. The number of hydrogen-bond donors (Lipinski definition) is 2. The number of carbonyl (C=O) groups is 1. The molecule has 0 aromatic heterocycles. The molecule has 0 saturated carbocycles. The van der Waals surface area contributed by atoms with Crippen LogP contribution in [-0.2, 0) is 14.6 Å². The fraction of sp³-hybridized carbons (Fsp3) is 0.462. The number of aryl methyl sites for hydroxylation is 1. The highest BCUT2D eigenvalue weighted by atomic mass is 32.2. The van der Waals surface area contributed by atoms with Gasteiger partial charge in [0.25, 0.3) is 0 Å². The van der Waals surface area contributed by atoms with Crippen LogP contribution in [0.4, 0.5) is 11.4 Å². The van der Waals surface area contributed by atoms with Crippen molar-refractivity contribution in [2.45, 2.75) is 32.4 Å². The first-order chi connectivity index (χ1) is 8.77. The molecular weight excluding hydrogens is 264 g/mol. The van der Waals surface area contributed by atoms with Gasteiger partial charge in [0.1, 0.15) is 5.25 Å². The number of nitrogen functional groups attached to an aromatic ring is 1. The maximum Gasteiger partial charge on any atom is 0.242 e. The van der Waals surface area contributed by atoms with Crippen LogP contribution in [0.5, 0.6) is 0 Å². The summed E-state index contributed by atoms with van der Waals surface area (Å²) in [4.78, 5) is 12.0. The number of hydrogen-bond acceptors (Lipinski definition) is 4. The minimum Gasteiger partial charge on any atom is -0.399 e. The first-order valence-corrected chi connectivity index (χ1v) is 7.88. The molecule has 1 amide bonds. The second-order valence-corrected chi connectivity index (χ2v) is 7.01. The summed E-state index contributed by atoms with van der Waals surface area (Å²) in [6, 6.07) is 5.12. The standard InChI is InChI=1S/C13H20N2O3S/c1-4-7-19(17,18)10(3)13(16)15-12-8-11(14)6-5-9(12)2/h5-6,8,10H,4,7,14H2,1-3H3,(H,15,16). The highest BCUT2D eigenvalue weighted by Gasteiger charge is 2.27. The number of rotatable bonds is 5. The zero-order valence-corrected chi connectivity index (χ0v) is 12.3. The van der Waals surface area contributed by atoms with Gasteiger partial charge in [-0.25, -0.2) is 8.42 Å². The minimum absolute atomic E-state index is 0.0114. The van der Waals surface area contributed by atoms with Gasteiger partial charge in [0.2, 0.25) is 5.91 Å². The molecule has 1 aromatic rings. The molecule has 0 fully saturated rings. The molecule has 0 aliphatic rings. The van der Waals surface area contributed by atoms with E-state index in [2.05, 4.69) is 5.32 Å². The van der Waals surface area contributed by atoms with E-state index in [1.165, 1.54) is 6.92 Å². The number of carbonyl (C=O) groups excluding carboxylic acids is 1. The molecule has 0 saturated heterocycles. The van der Waals surface area contributed by atoms with E-state index in [9.17, 15) is 13.2 Å². The minimum atomic E-state index is -3.40. The second-order valence-electron chi connectivity index (χ2n) is 4.57. The van der Waals surface area contributed by atoms with Crippen LogP contribution in [0.1, 0.15) is 25.8 Å². The Balaban J connectivity index is 2.88. The predicted molar refractivity (Wildman–Crippen MR) is 77.8 cm³/mol. The fourth-order valence-electron chi connectivity index (χ4n) is 1.63. The quantitative estimate of drug-likeness (QED) is 0.806. The van der Waals surface area contributed by atoms with Crippen molar-refractivity contribution in [1.82, 2.24) is 0 Å². The Bertz CT molecular complexity index is 567. The summed E-state index contributed by atoms with van der Waals surface area (Å²) in [5, 5.41) is 1.56. The third kappa shape index (κ3) is 3.96. The Morgan fingerprint density at radius 1 is 1.42 bits per heavy atom. The zero-order chi connectivity index (χ0) is 14.6. The number of sulfone groups is 1. The highest BCUT2D eigenvalue weighted by Crippen LogP contribution is 2.19. The van der Waals surface area contributed by atoms with Crippen molar-refractivity contribution in [2.24, 2.45) is 0 Å². The summed E-state index contributed by atoms with van der Waals surface area (Å²) < 4.78 is 23.7. The summed E-state index contributed by atoms with van der Waals surface area (Å²) in [6.45, 7) is 4.99. The van der Waals surface area contributed by atoms with Crippen LogP contribution < -0.4 is 11.1 Å². The van der Waals surface area contributed by atoms with Crippen LogP contribution in [0.3, 0.4) is 0 Å². The lowest BCUT2D eigenvalue weighted by atomic mass is 10.2. The summed E-state index contributed by atoms with van der Waals surface area (Å²) in [7, 11) is -3.40. The SMILES string of the molecule is CCCS(=O)(=O)C(C)C(=O)Nc1cc(N)ccc1C. The summed E-state index contributed by atoms with van der Waals surface area (Å²) in [5.74, 6) is -0.514. The molecule has 19 heavy (non-hydrogen) atoms. The third-order valence-electron chi connectivity index (χ3n) is 2.92. The predicted octanol–water partition coefficient (Wildman–Crippen LogP) is 1.73. The van der Waals surface area contributed by atoms with Crippen LogP contribution in [0.2, 0.25) is 0 Å². The second kappa shape index (κ2) is 6.06. The molecule has 1 unspecified atom stereocenters. The molecule has 106 valence electrons. The fourth-order valence-corrected chi connectivity index (χ4v) is 2.94. The van der Waals surface area contributed by atoms with E-state index in [1.54, 1.807) is 25.1 Å². The molecule has 0 radical (unpaired) electrons. The van der Waals surface area contributed by atoms with E-state index in [-0.39, 0.29) is 5.75 Å². The monoisotopic (exact) mass is 284 g/mol. The number of anilines is 2. The van der Waals surface area contributed by atoms with E-state index in [0.29, 0.717) is 17.8 Å². The summed E-state index contributed by atoms with van der Waals surface area (Å²) in [6.07, 6.45) is 0.497. The molecule has 5 nitrogen and oxygen atoms in total. The van der Waals surface area contributed by atoms with Gasteiger partial charge in [-0.1, -0.05) is 13.0 Å². The molecule has 6 heteroatoms. The van der Waals surface area contributed by atoms with Crippen molar-refractivity contribution in [3.63, 3.8) is 0 Å². The summed E-state index contributed by atoms with van der Waals surface area (Å²) >= 11 is 0. The lowest BCUT2D eigenvalue weighted by Crippen LogP contribution is -2.34. The van der Waals surface area contributed by atoms with Gasteiger partial charge in [-0.05, 0) is 38.0 Å². The van der Waals surface area contributed by atoms with Crippen molar-refractivity contribution in [1.29, 1.82) is 0 Å². The number of nitrogens with one attached hydrogen (secondary N) is 1. The Labute approximate surface area is 114 Å². The number of nitrogens with two attached hydrogens (primary N) is 1. The van der Waals surface area contributed by atoms with Gasteiger partial charge in [0.05, 0.1) is 5.75 Å². The van der Waals surface area contributed by atoms with Gasteiger partial charge in [-0.2, -0.15) is 0 Å². The van der Waals surface area contributed by atoms with Crippen LogP contribution in [0.25, 0.3) is 0 Å². The Morgan fingerprint density at radius 2 is 2.05 bits per heavy atom. The molecule has 1 rings (SSSR count). The molecule has 0 spiro atoms. The number of benzene rings is 1. The average molecular weight is 284 g/mol. The van der Waals surface area contributed by atoms with Crippen LogP contribution in [-0.4, -0.2) is 25.3 Å². The first-order valence-electron chi connectivity index (χ1n) is 6.16. The Kier molecular flexibility index (Phi) is 4.94. The van der Waals surface area contributed by atoms with Gasteiger partial charge in [-0.3, -0.25) is 4.79 Å². The van der Waals surface area contributed by atoms with E-state index < -0.39 is 21.0 Å². The molecule has 0 bridgehead atoms. The lowest BCUT2D eigenvalue weighted by Gasteiger charge is -2.14.